The van der Waals surface area contributed by atoms with Gasteiger partial charge in [-0.15, -0.1) is 0 Å². The predicted octanol–water partition coefficient (Wildman–Crippen LogP) is 2.42. The first-order valence-corrected chi connectivity index (χ1v) is 4.97. The smallest absolute Gasteiger partial charge is 0.338 e. The maximum atomic E-state index is 10.4. The van der Waals surface area contributed by atoms with Gasteiger partial charge in [-0.3, -0.25) is 10.1 Å². The number of nitro groups is 1. The van der Waals surface area contributed by atoms with Gasteiger partial charge in [0.2, 0.25) is 0 Å². The molecule has 0 aliphatic heterocycles. The molecule has 1 aromatic rings. The highest BCUT2D eigenvalue weighted by atomic mass is 79.9. The molecule has 13 heavy (non-hydrogen) atoms. The Labute approximate surface area is 86.8 Å². The van der Waals surface area contributed by atoms with Crippen LogP contribution in [0.1, 0.15) is 4.88 Å². The lowest BCUT2D eigenvalue weighted by Crippen LogP contribution is -1.82. The van der Waals surface area contributed by atoms with Crippen LogP contribution in [0.3, 0.4) is 0 Å². The van der Waals surface area contributed by atoms with Crippen molar-refractivity contribution in [2.75, 3.05) is 6.61 Å². The molecule has 0 spiro atoms. The fourth-order valence-corrected chi connectivity index (χ4v) is 2.33. The Morgan fingerprint density at radius 3 is 2.92 bits per heavy atom. The maximum absolute atomic E-state index is 10.4. The summed E-state index contributed by atoms with van der Waals surface area (Å²) in [4.78, 5) is 10.7. The van der Waals surface area contributed by atoms with Gasteiger partial charge in [0.1, 0.15) is 4.47 Å². The summed E-state index contributed by atoms with van der Waals surface area (Å²) in [5.74, 6) is 0. The third-order valence-electron chi connectivity index (χ3n) is 1.24. The molecule has 0 fully saturated rings. The highest BCUT2D eigenvalue weighted by molar-refractivity contribution is 9.10. The highest BCUT2D eigenvalue weighted by Crippen LogP contribution is 2.34. The van der Waals surface area contributed by atoms with E-state index in [1.807, 2.05) is 0 Å². The first-order chi connectivity index (χ1) is 6.15. The third-order valence-corrected chi connectivity index (χ3v) is 3.16. The van der Waals surface area contributed by atoms with E-state index in [2.05, 4.69) is 15.9 Å². The molecule has 0 amide bonds. The fraction of sp³-hybridized carbons (Fsp3) is 0.143. The van der Waals surface area contributed by atoms with Crippen LogP contribution in [-0.4, -0.2) is 16.6 Å². The molecule has 0 saturated carbocycles. The Hall–Kier alpha value is -0.720. The minimum atomic E-state index is -0.439. The minimum absolute atomic E-state index is 0.0662. The van der Waals surface area contributed by atoms with Gasteiger partial charge in [0.05, 0.1) is 11.5 Å². The quantitative estimate of drug-likeness (QED) is 0.673. The Bertz CT molecular complexity index is 348. The molecule has 0 aliphatic rings. The van der Waals surface area contributed by atoms with Gasteiger partial charge in [-0.1, -0.05) is 17.4 Å². The number of thiophene rings is 1. The van der Waals surface area contributed by atoms with Crippen LogP contribution in [0, 0.1) is 10.1 Å². The number of rotatable bonds is 3. The summed E-state index contributed by atoms with van der Waals surface area (Å²) in [6, 6.07) is 1.65. The Kier molecular flexibility index (Phi) is 3.58. The second kappa shape index (κ2) is 4.50. The van der Waals surface area contributed by atoms with Crippen LogP contribution in [0.5, 0.6) is 0 Å². The maximum Gasteiger partial charge on any atom is 0.338 e. The molecule has 0 saturated heterocycles. The van der Waals surface area contributed by atoms with Gasteiger partial charge in [-0.05, 0) is 28.1 Å². The average molecular weight is 264 g/mol. The molecular weight excluding hydrogens is 258 g/mol. The van der Waals surface area contributed by atoms with Crippen LogP contribution in [-0.2, 0) is 0 Å². The van der Waals surface area contributed by atoms with E-state index in [0.717, 1.165) is 16.2 Å². The van der Waals surface area contributed by atoms with Gasteiger partial charge in [0.15, 0.2) is 0 Å². The van der Waals surface area contributed by atoms with Gasteiger partial charge in [0, 0.05) is 4.88 Å². The van der Waals surface area contributed by atoms with Crippen LogP contribution in [0.15, 0.2) is 16.6 Å². The van der Waals surface area contributed by atoms with E-state index in [-0.39, 0.29) is 11.6 Å². The van der Waals surface area contributed by atoms with Crippen molar-refractivity contribution < 1.29 is 10.0 Å². The molecule has 0 aliphatic carbocycles. The molecule has 0 aromatic carbocycles. The predicted molar refractivity (Wildman–Crippen MR) is 54.8 cm³/mol. The normalized spacial score (nSPS) is 10.9. The van der Waals surface area contributed by atoms with Crippen LogP contribution >= 0.6 is 27.3 Å². The van der Waals surface area contributed by atoms with Crippen molar-refractivity contribution >= 4 is 38.3 Å². The van der Waals surface area contributed by atoms with E-state index in [0.29, 0.717) is 4.47 Å². The lowest BCUT2D eigenvalue weighted by Gasteiger charge is -1.82. The lowest BCUT2D eigenvalue weighted by atomic mass is 10.4. The van der Waals surface area contributed by atoms with Gasteiger partial charge in [0.25, 0.3) is 0 Å². The van der Waals surface area contributed by atoms with Crippen molar-refractivity contribution in [1.29, 1.82) is 0 Å². The van der Waals surface area contributed by atoms with E-state index < -0.39 is 4.92 Å². The molecule has 0 bridgehead atoms. The Morgan fingerprint density at radius 2 is 2.46 bits per heavy atom. The molecular formula is C7H6BrNO3S. The summed E-state index contributed by atoms with van der Waals surface area (Å²) < 4.78 is 0.472. The molecule has 0 atom stereocenters. The zero-order chi connectivity index (χ0) is 9.84. The minimum Gasteiger partial charge on any atom is -0.392 e. The number of hydrogen-bond donors (Lipinski definition) is 1. The number of hydrogen-bond acceptors (Lipinski definition) is 4. The van der Waals surface area contributed by atoms with E-state index >= 15 is 0 Å². The zero-order valence-electron chi connectivity index (χ0n) is 6.44. The monoisotopic (exact) mass is 263 g/mol. The van der Waals surface area contributed by atoms with Gasteiger partial charge < -0.3 is 5.11 Å². The van der Waals surface area contributed by atoms with Crippen LogP contribution in [0.4, 0.5) is 5.00 Å². The third kappa shape index (κ3) is 2.61. The van der Waals surface area contributed by atoms with Crippen molar-refractivity contribution in [3.63, 3.8) is 0 Å². The van der Waals surface area contributed by atoms with Gasteiger partial charge in [-0.25, -0.2) is 0 Å². The molecule has 4 nitrogen and oxygen atoms in total. The van der Waals surface area contributed by atoms with Crippen molar-refractivity contribution in [1.82, 2.24) is 0 Å². The fourth-order valence-electron chi connectivity index (χ4n) is 0.752. The second-order valence-electron chi connectivity index (χ2n) is 2.14. The number of aliphatic hydroxyl groups excluding tert-OH is 1. The molecule has 1 N–H and O–H groups in total. The van der Waals surface area contributed by atoms with Crippen LogP contribution in [0.2, 0.25) is 0 Å². The molecule has 0 unspecified atom stereocenters. The van der Waals surface area contributed by atoms with Crippen molar-refractivity contribution in [3.05, 3.63) is 31.6 Å². The van der Waals surface area contributed by atoms with Crippen LogP contribution in [0.25, 0.3) is 6.08 Å². The molecule has 70 valence electrons. The topological polar surface area (TPSA) is 63.4 Å². The van der Waals surface area contributed by atoms with Crippen molar-refractivity contribution in [2.45, 2.75) is 0 Å². The number of nitrogens with zero attached hydrogens (tertiary/aromatic N) is 1. The Morgan fingerprint density at radius 1 is 1.77 bits per heavy atom. The molecule has 1 heterocycles. The summed E-state index contributed by atoms with van der Waals surface area (Å²) in [6.45, 7) is -0.0662. The van der Waals surface area contributed by atoms with Gasteiger partial charge in [-0.2, -0.15) is 0 Å². The SMILES string of the molecule is O=[N+]([O-])c1sc(/C=C/CO)cc1Br. The Balaban J connectivity index is 2.95. The summed E-state index contributed by atoms with van der Waals surface area (Å²) in [5, 5.41) is 19.0. The molecule has 1 rings (SSSR count). The highest BCUT2D eigenvalue weighted by Gasteiger charge is 2.15. The van der Waals surface area contributed by atoms with Crippen molar-refractivity contribution in [2.24, 2.45) is 0 Å². The van der Waals surface area contributed by atoms with E-state index in [1.54, 1.807) is 12.1 Å². The number of halogens is 1. The first kappa shape index (κ1) is 10.4. The van der Waals surface area contributed by atoms with Gasteiger partial charge >= 0.3 is 5.00 Å². The van der Waals surface area contributed by atoms with Crippen molar-refractivity contribution in [3.8, 4) is 0 Å². The van der Waals surface area contributed by atoms with E-state index in [1.165, 1.54) is 6.08 Å². The number of aliphatic hydroxyl groups is 1. The standard InChI is InChI=1S/C7H6BrNO3S/c8-6-4-5(2-1-3-10)13-7(6)9(11)12/h1-2,4,10H,3H2/b2-1+. The summed E-state index contributed by atoms with van der Waals surface area (Å²) in [5.41, 5.74) is 0. The zero-order valence-corrected chi connectivity index (χ0v) is 8.84. The second-order valence-corrected chi connectivity index (χ2v) is 4.06. The molecule has 0 radical (unpaired) electrons. The molecule has 1 aromatic heterocycles. The largest absolute Gasteiger partial charge is 0.392 e. The molecule has 6 heteroatoms. The van der Waals surface area contributed by atoms with E-state index in [9.17, 15) is 10.1 Å². The van der Waals surface area contributed by atoms with E-state index in [4.69, 9.17) is 5.11 Å². The van der Waals surface area contributed by atoms with Crippen LogP contribution < -0.4 is 0 Å². The lowest BCUT2D eigenvalue weighted by molar-refractivity contribution is -0.380. The first-order valence-electron chi connectivity index (χ1n) is 3.36. The average Bonchev–Trinajstić information content (AvgIpc) is 2.43. The summed E-state index contributed by atoms with van der Waals surface area (Å²) >= 11 is 4.15. The summed E-state index contributed by atoms with van der Waals surface area (Å²) in [7, 11) is 0. The summed E-state index contributed by atoms with van der Waals surface area (Å²) in [6.07, 6.45) is 3.17.